The van der Waals surface area contributed by atoms with Gasteiger partial charge in [0.05, 0.1) is 25.3 Å². The van der Waals surface area contributed by atoms with Crippen molar-refractivity contribution in [2.24, 2.45) is 11.7 Å². The monoisotopic (exact) mass is 530 g/mol. The number of aromatic nitrogens is 1. The van der Waals surface area contributed by atoms with Crippen molar-refractivity contribution >= 4 is 12.0 Å². The fourth-order valence-corrected chi connectivity index (χ4v) is 4.80. The lowest BCUT2D eigenvalue weighted by Crippen LogP contribution is -2.44. The van der Waals surface area contributed by atoms with Crippen LogP contribution in [0.3, 0.4) is 0 Å². The highest BCUT2D eigenvalue weighted by atomic mass is 19.1. The van der Waals surface area contributed by atoms with E-state index in [4.69, 9.17) is 15.2 Å². The molecule has 2 amide bonds. The molecule has 2 saturated heterocycles. The number of hydrogen-bond donors (Lipinski definition) is 1. The maximum absolute atomic E-state index is 14.9. The summed E-state index contributed by atoms with van der Waals surface area (Å²) < 4.78 is 39.5. The van der Waals surface area contributed by atoms with Gasteiger partial charge in [-0.25, -0.2) is 18.6 Å². The van der Waals surface area contributed by atoms with E-state index < -0.39 is 18.0 Å². The molecule has 2 aliphatic heterocycles. The third kappa shape index (κ3) is 7.18. The van der Waals surface area contributed by atoms with Gasteiger partial charge in [-0.15, -0.1) is 0 Å². The third-order valence-corrected chi connectivity index (χ3v) is 7.00. The van der Waals surface area contributed by atoms with Crippen molar-refractivity contribution in [1.29, 1.82) is 0 Å². The quantitative estimate of drug-likeness (QED) is 0.555. The summed E-state index contributed by atoms with van der Waals surface area (Å²) in [5.41, 5.74) is 7.75. The Bertz CT molecular complexity index is 1120. The highest BCUT2D eigenvalue weighted by Gasteiger charge is 2.29. The Morgan fingerprint density at radius 2 is 1.79 bits per heavy atom. The Kier molecular flexibility index (Phi) is 9.14. The lowest BCUT2D eigenvalue weighted by molar-refractivity contribution is -0.131. The zero-order chi connectivity index (χ0) is 27.2. The van der Waals surface area contributed by atoms with Crippen molar-refractivity contribution in [3.8, 4) is 17.0 Å². The first-order chi connectivity index (χ1) is 18.2. The van der Waals surface area contributed by atoms with Crippen LogP contribution in [0.5, 0.6) is 5.88 Å². The van der Waals surface area contributed by atoms with Gasteiger partial charge in [0.25, 0.3) is 0 Å². The molecule has 0 spiro atoms. The van der Waals surface area contributed by atoms with Crippen LogP contribution in [0.1, 0.15) is 38.7 Å². The second-order valence-corrected chi connectivity index (χ2v) is 10.3. The Morgan fingerprint density at radius 1 is 1.08 bits per heavy atom. The van der Waals surface area contributed by atoms with Crippen molar-refractivity contribution in [3.05, 3.63) is 47.9 Å². The Hall–Kier alpha value is -3.27. The van der Waals surface area contributed by atoms with Crippen molar-refractivity contribution in [1.82, 2.24) is 14.8 Å². The Balaban J connectivity index is 1.30. The number of nitrogens with two attached hydrogens (primary N) is 1. The molecule has 10 heteroatoms. The summed E-state index contributed by atoms with van der Waals surface area (Å²) >= 11 is 0. The highest BCUT2D eigenvalue weighted by Crippen LogP contribution is 2.26. The van der Waals surface area contributed by atoms with Crippen LogP contribution in [-0.4, -0.2) is 77.9 Å². The summed E-state index contributed by atoms with van der Waals surface area (Å²) in [6.45, 7) is 5.79. The van der Waals surface area contributed by atoms with Crippen molar-refractivity contribution in [3.63, 3.8) is 0 Å². The van der Waals surface area contributed by atoms with Gasteiger partial charge in [0.15, 0.2) is 0 Å². The molecule has 38 heavy (non-hydrogen) atoms. The molecular formula is C28H36F2N4O4. The number of hydrogen-bond acceptors (Lipinski definition) is 6. The highest BCUT2D eigenvalue weighted by molar-refractivity contribution is 5.82. The molecule has 1 aromatic heterocycles. The molecule has 8 nitrogen and oxygen atoms in total. The number of halogens is 2. The molecule has 206 valence electrons. The van der Waals surface area contributed by atoms with Crippen LogP contribution in [0.4, 0.5) is 13.6 Å². The SMILES string of the molecule is CC(C)OC(=O)N1CCC(COc2cc(-c3ccc(CC(N)C(=O)N4CCC(F)C4)c(F)c3)ccn2)CC1. The van der Waals surface area contributed by atoms with Crippen LogP contribution in [-0.2, 0) is 16.0 Å². The molecule has 2 aromatic rings. The van der Waals surface area contributed by atoms with E-state index in [0.29, 0.717) is 55.6 Å². The lowest BCUT2D eigenvalue weighted by Gasteiger charge is -2.31. The van der Waals surface area contributed by atoms with Crippen molar-refractivity contribution < 1.29 is 27.8 Å². The average molecular weight is 531 g/mol. The Morgan fingerprint density at radius 3 is 2.45 bits per heavy atom. The summed E-state index contributed by atoms with van der Waals surface area (Å²) in [6, 6.07) is 7.42. The molecular weight excluding hydrogens is 494 g/mol. The lowest BCUT2D eigenvalue weighted by atomic mass is 9.98. The van der Waals surface area contributed by atoms with Crippen LogP contribution < -0.4 is 10.5 Å². The van der Waals surface area contributed by atoms with Gasteiger partial charge in [0.1, 0.15) is 12.0 Å². The summed E-state index contributed by atoms with van der Waals surface area (Å²) in [5, 5.41) is 0. The van der Waals surface area contributed by atoms with E-state index in [2.05, 4.69) is 4.98 Å². The first-order valence-electron chi connectivity index (χ1n) is 13.2. The second-order valence-electron chi connectivity index (χ2n) is 10.3. The van der Waals surface area contributed by atoms with E-state index in [1.807, 2.05) is 13.8 Å². The number of piperidine rings is 1. The number of amides is 2. The molecule has 0 radical (unpaired) electrons. The zero-order valence-corrected chi connectivity index (χ0v) is 21.9. The molecule has 0 bridgehead atoms. The van der Waals surface area contributed by atoms with Gasteiger partial charge < -0.3 is 25.0 Å². The minimum Gasteiger partial charge on any atom is -0.477 e. The topological polar surface area (TPSA) is 98.0 Å². The summed E-state index contributed by atoms with van der Waals surface area (Å²) in [6.07, 6.45) is 2.16. The first kappa shape index (κ1) is 27.8. The fourth-order valence-electron chi connectivity index (χ4n) is 4.80. The number of pyridine rings is 1. The molecule has 4 rings (SSSR count). The van der Waals surface area contributed by atoms with Crippen LogP contribution >= 0.6 is 0 Å². The van der Waals surface area contributed by atoms with Crippen LogP contribution in [0, 0.1) is 11.7 Å². The number of ether oxygens (including phenoxy) is 2. The number of carbonyl (C=O) groups excluding carboxylic acids is 2. The maximum Gasteiger partial charge on any atom is 0.410 e. The third-order valence-electron chi connectivity index (χ3n) is 7.00. The van der Waals surface area contributed by atoms with Gasteiger partial charge in [-0.1, -0.05) is 12.1 Å². The number of nitrogens with zero attached hydrogens (tertiary/aromatic N) is 3. The van der Waals surface area contributed by atoms with Crippen LogP contribution in [0.2, 0.25) is 0 Å². The number of alkyl halides is 1. The average Bonchev–Trinajstić information content (AvgIpc) is 3.34. The maximum atomic E-state index is 14.9. The molecule has 2 atom stereocenters. The van der Waals surface area contributed by atoms with E-state index in [1.165, 1.54) is 11.0 Å². The first-order valence-corrected chi connectivity index (χ1v) is 13.2. The predicted octanol–water partition coefficient (Wildman–Crippen LogP) is 3.96. The molecule has 2 fully saturated rings. The minimum atomic E-state index is -1.02. The van der Waals surface area contributed by atoms with Gasteiger partial charge in [0, 0.05) is 31.9 Å². The molecule has 2 unspecified atom stereocenters. The number of carbonyl (C=O) groups is 2. The Labute approximate surface area is 222 Å². The number of rotatable bonds is 8. The zero-order valence-electron chi connectivity index (χ0n) is 21.9. The van der Waals surface area contributed by atoms with Crippen molar-refractivity contribution in [2.75, 3.05) is 32.8 Å². The van der Waals surface area contributed by atoms with Gasteiger partial charge >= 0.3 is 6.09 Å². The van der Waals surface area contributed by atoms with E-state index in [1.54, 1.807) is 35.4 Å². The standard InChI is InChI=1S/C28H36F2N4O4/c1-18(2)38-28(36)33-10-6-19(7-11-33)17-37-26-15-21(5-9-32-26)20-3-4-22(24(30)13-20)14-25(31)27(35)34-12-8-23(29)16-34/h3-5,9,13,15,18-19,23,25H,6-8,10-12,14,16-17,31H2,1-2H3. The number of likely N-dealkylation sites (tertiary alicyclic amines) is 2. The van der Waals surface area contributed by atoms with Gasteiger partial charge in [-0.3, -0.25) is 4.79 Å². The molecule has 3 heterocycles. The normalized spacial score (nSPS) is 19.1. The molecule has 1 aromatic carbocycles. The minimum absolute atomic E-state index is 0.0388. The van der Waals surface area contributed by atoms with Gasteiger partial charge in [-0.05, 0) is 74.3 Å². The summed E-state index contributed by atoms with van der Waals surface area (Å²) in [4.78, 5) is 31.9. The van der Waals surface area contributed by atoms with Crippen molar-refractivity contribution in [2.45, 2.75) is 57.8 Å². The fraction of sp³-hybridized carbons (Fsp3) is 0.536. The molecule has 0 saturated carbocycles. The van der Waals surface area contributed by atoms with E-state index >= 15 is 0 Å². The van der Waals surface area contributed by atoms with E-state index in [0.717, 1.165) is 18.4 Å². The van der Waals surface area contributed by atoms with Gasteiger partial charge in [-0.2, -0.15) is 0 Å². The summed E-state index contributed by atoms with van der Waals surface area (Å²) in [5.74, 6) is -0.0788. The molecule has 2 N–H and O–H groups in total. The number of benzene rings is 1. The van der Waals surface area contributed by atoms with Gasteiger partial charge in [0.2, 0.25) is 11.8 Å². The summed E-state index contributed by atoms with van der Waals surface area (Å²) in [7, 11) is 0. The van der Waals surface area contributed by atoms with Crippen LogP contribution in [0.15, 0.2) is 36.5 Å². The van der Waals surface area contributed by atoms with E-state index in [-0.39, 0.29) is 31.1 Å². The second kappa shape index (κ2) is 12.5. The molecule has 2 aliphatic rings. The largest absolute Gasteiger partial charge is 0.477 e. The smallest absolute Gasteiger partial charge is 0.410 e. The van der Waals surface area contributed by atoms with Crippen LogP contribution in [0.25, 0.3) is 11.1 Å². The predicted molar refractivity (Wildman–Crippen MR) is 139 cm³/mol. The van der Waals surface area contributed by atoms with E-state index in [9.17, 15) is 18.4 Å². The molecule has 0 aliphatic carbocycles.